The van der Waals surface area contributed by atoms with Crippen molar-refractivity contribution in [3.05, 3.63) is 75.4 Å². The van der Waals surface area contributed by atoms with Gasteiger partial charge in [-0.3, -0.25) is 4.79 Å². The lowest BCUT2D eigenvalue weighted by Gasteiger charge is -2.02. The molecule has 1 aliphatic heterocycles. The molecule has 5 nitrogen and oxygen atoms in total. The zero-order chi connectivity index (χ0) is 18.3. The van der Waals surface area contributed by atoms with Gasteiger partial charge in [-0.05, 0) is 44.2 Å². The first kappa shape index (κ1) is 16.0. The maximum atomic E-state index is 12.2. The van der Waals surface area contributed by atoms with Gasteiger partial charge in [0.15, 0.2) is 0 Å². The van der Waals surface area contributed by atoms with Crippen LogP contribution >= 0.6 is 0 Å². The predicted molar refractivity (Wildman–Crippen MR) is 97.7 cm³/mol. The Balaban J connectivity index is 1.78. The number of para-hydroxylation sites is 1. The fourth-order valence-corrected chi connectivity index (χ4v) is 3.00. The molecule has 2 heterocycles. The van der Waals surface area contributed by atoms with Gasteiger partial charge in [-0.2, -0.15) is 0 Å². The molecule has 1 N–H and O–H groups in total. The molecule has 0 fully saturated rings. The molecule has 2 aromatic carbocycles. The van der Waals surface area contributed by atoms with Crippen LogP contribution in [0.15, 0.2) is 57.4 Å². The number of nitrogens with zero attached hydrogens (tertiary/aromatic N) is 2. The molecular weight excluding hydrogens is 328 g/mol. The second kappa shape index (κ2) is 6.11. The highest BCUT2D eigenvalue weighted by atomic mass is 16.5. The van der Waals surface area contributed by atoms with Crippen molar-refractivity contribution in [3.63, 3.8) is 0 Å². The molecule has 1 amide bonds. The SMILES string of the molecule is Cc1cc(C)cc(-c2nc(C=C3C=c4ccccc4=NC3=O)c(O)o2)c1. The van der Waals surface area contributed by atoms with Crippen LogP contribution in [0.5, 0.6) is 5.95 Å². The van der Waals surface area contributed by atoms with E-state index in [2.05, 4.69) is 9.98 Å². The van der Waals surface area contributed by atoms with E-state index in [9.17, 15) is 9.90 Å². The molecule has 0 saturated heterocycles. The summed E-state index contributed by atoms with van der Waals surface area (Å²) in [5, 5.41) is 11.6. The summed E-state index contributed by atoms with van der Waals surface area (Å²) in [5.74, 6) is -0.396. The molecule has 1 aromatic heterocycles. The smallest absolute Gasteiger partial charge is 0.310 e. The van der Waals surface area contributed by atoms with Crippen molar-refractivity contribution in [2.24, 2.45) is 4.99 Å². The predicted octanol–water partition coefficient (Wildman–Crippen LogP) is 2.69. The summed E-state index contributed by atoms with van der Waals surface area (Å²) in [5.41, 5.74) is 3.47. The second-order valence-corrected chi connectivity index (χ2v) is 6.31. The molecule has 0 saturated carbocycles. The Bertz CT molecular complexity index is 1170. The van der Waals surface area contributed by atoms with Crippen LogP contribution in [0.3, 0.4) is 0 Å². The standard InChI is InChI=1S/C21H16N2O3/c1-12-7-13(2)9-16(8-12)20-23-18(21(25)26-20)11-15-10-14-5-3-4-6-17(14)22-19(15)24/h3-11,25H,1-2H3. The summed E-state index contributed by atoms with van der Waals surface area (Å²) < 4.78 is 5.40. The van der Waals surface area contributed by atoms with E-state index in [4.69, 9.17) is 4.42 Å². The quantitative estimate of drug-likeness (QED) is 0.725. The Hall–Kier alpha value is -3.47. The highest BCUT2D eigenvalue weighted by Crippen LogP contribution is 2.29. The molecule has 5 heteroatoms. The molecule has 1 aliphatic rings. The number of amides is 1. The number of oxazole rings is 1. The maximum Gasteiger partial charge on any atom is 0.310 e. The first-order chi connectivity index (χ1) is 12.5. The van der Waals surface area contributed by atoms with Crippen molar-refractivity contribution >= 4 is 18.1 Å². The third-order valence-electron chi connectivity index (χ3n) is 4.11. The minimum absolute atomic E-state index is 0.202. The van der Waals surface area contributed by atoms with Crippen LogP contribution in [0.2, 0.25) is 0 Å². The molecule has 0 bridgehead atoms. The molecule has 4 rings (SSSR count). The number of carbonyl (C=O) groups excluding carboxylic acids is 1. The average molecular weight is 344 g/mol. The Kier molecular flexibility index (Phi) is 3.77. The van der Waals surface area contributed by atoms with Gasteiger partial charge in [0.1, 0.15) is 5.69 Å². The van der Waals surface area contributed by atoms with Gasteiger partial charge in [0.2, 0.25) is 5.89 Å². The number of aromatic nitrogens is 1. The van der Waals surface area contributed by atoms with Crippen molar-refractivity contribution < 1.29 is 14.3 Å². The van der Waals surface area contributed by atoms with Gasteiger partial charge in [0.05, 0.1) is 5.36 Å². The van der Waals surface area contributed by atoms with E-state index in [1.54, 1.807) is 12.1 Å². The van der Waals surface area contributed by atoms with E-state index in [1.165, 1.54) is 6.08 Å². The third kappa shape index (κ3) is 2.95. The Morgan fingerprint density at radius 1 is 1.08 bits per heavy atom. The molecule has 0 atom stereocenters. The lowest BCUT2D eigenvalue weighted by molar-refractivity contribution is -0.114. The van der Waals surface area contributed by atoms with Gasteiger partial charge >= 0.3 is 5.95 Å². The monoisotopic (exact) mass is 344 g/mol. The van der Waals surface area contributed by atoms with Crippen molar-refractivity contribution in [1.29, 1.82) is 0 Å². The average Bonchev–Trinajstić information content (AvgIpc) is 2.95. The van der Waals surface area contributed by atoms with Crippen LogP contribution in [-0.4, -0.2) is 16.0 Å². The molecule has 128 valence electrons. The number of fused-ring (bicyclic) bond motifs is 1. The molecule has 3 aromatic rings. The summed E-state index contributed by atoms with van der Waals surface area (Å²) in [6.07, 6.45) is 3.22. The Morgan fingerprint density at radius 2 is 1.81 bits per heavy atom. The number of aryl methyl sites for hydroxylation is 2. The fraction of sp³-hybridized carbons (Fsp3) is 0.0952. The van der Waals surface area contributed by atoms with Crippen LogP contribution in [0, 0.1) is 13.8 Å². The van der Waals surface area contributed by atoms with Crippen molar-refractivity contribution in [2.45, 2.75) is 13.8 Å². The molecule has 26 heavy (non-hydrogen) atoms. The summed E-state index contributed by atoms with van der Waals surface area (Å²) in [6.45, 7) is 3.97. The lowest BCUT2D eigenvalue weighted by Crippen LogP contribution is -2.29. The maximum absolute atomic E-state index is 12.2. The van der Waals surface area contributed by atoms with Gasteiger partial charge in [0.25, 0.3) is 5.91 Å². The number of hydrogen-bond donors (Lipinski definition) is 1. The number of benzene rings is 2. The lowest BCUT2D eigenvalue weighted by atomic mass is 10.1. The molecule has 0 spiro atoms. The highest BCUT2D eigenvalue weighted by molar-refractivity contribution is 6.07. The van der Waals surface area contributed by atoms with Crippen molar-refractivity contribution in [3.8, 4) is 17.4 Å². The number of carbonyl (C=O) groups is 1. The van der Waals surface area contributed by atoms with Crippen molar-refractivity contribution in [1.82, 2.24) is 4.98 Å². The zero-order valence-corrected chi connectivity index (χ0v) is 14.4. The van der Waals surface area contributed by atoms with Gasteiger partial charge in [-0.25, -0.2) is 9.98 Å². The van der Waals surface area contributed by atoms with Crippen LogP contribution in [0.25, 0.3) is 23.6 Å². The second-order valence-electron chi connectivity index (χ2n) is 6.31. The Labute approximate surface area is 149 Å². The summed E-state index contributed by atoms with van der Waals surface area (Å²) in [7, 11) is 0. The normalized spacial score (nSPS) is 14.7. The van der Waals surface area contributed by atoms with E-state index < -0.39 is 0 Å². The highest BCUT2D eigenvalue weighted by Gasteiger charge is 2.16. The molecular formula is C21H16N2O3. The van der Waals surface area contributed by atoms with Gasteiger partial charge < -0.3 is 9.52 Å². The van der Waals surface area contributed by atoms with E-state index in [-0.39, 0.29) is 17.5 Å². The van der Waals surface area contributed by atoms with Crippen LogP contribution in [0.4, 0.5) is 0 Å². The third-order valence-corrected chi connectivity index (χ3v) is 4.11. The van der Waals surface area contributed by atoms with E-state index in [0.717, 1.165) is 21.9 Å². The van der Waals surface area contributed by atoms with E-state index in [1.807, 2.05) is 50.2 Å². The van der Waals surface area contributed by atoms with Crippen LogP contribution < -0.4 is 10.6 Å². The minimum Gasteiger partial charge on any atom is -0.479 e. The Morgan fingerprint density at radius 3 is 2.58 bits per heavy atom. The topological polar surface area (TPSA) is 75.7 Å². The molecule has 0 aliphatic carbocycles. The minimum atomic E-state index is -0.376. The number of hydrogen-bond acceptors (Lipinski definition) is 4. The first-order valence-corrected chi connectivity index (χ1v) is 8.19. The summed E-state index contributed by atoms with van der Waals surface area (Å²) >= 11 is 0. The van der Waals surface area contributed by atoms with Crippen molar-refractivity contribution in [2.75, 3.05) is 0 Å². The number of aromatic hydroxyl groups is 1. The van der Waals surface area contributed by atoms with Crippen LogP contribution in [-0.2, 0) is 4.79 Å². The van der Waals surface area contributed by atoms with E-state index in [0.29, 0.717) is 16.8 Å². The molecule has 0 radical (unpaired) electrons. The fourth-order valence-electron chi connectivity index (χ4n) is 3.00. The van der Waals surface area contributed by atoms with E-state index >= 15 is 0 Å². The first-order valence-electron chi connectivity index (χ1n) is 8.19. The summed E-state index contributed by atoms with van der Waals surface area (Å²) in [4.78, 5) is 20.6. The van der Waals surface area contributed by atoms with Gasteiger partial charge in [-0.1, -0.05) is 35.4 Å². The zero-order valence-electron chi connectivity index (χ0n) is 14.4. The van der Waals surface area contributed by atoms with Gasteiger partial charge in [-0.15, -0.1) is 0 Å². The van der Waals surface area contributed by atoms with Gasteiger partial charge in [0, 0.05) is 16.4 Å². The largest absolute Gasteiger partial charge is 0.479 e. The molecule has 0 unspecified atom stereocenters. The van der Waals surface area contributed by atoms with Crippen LogP contribution in [0.1, 0.15) is 16.8 Å². The number of rotatable bonds is 2. The summed E-state index contributed by atoms with van der Waals surface area (Å²) in [6, 6.07) is 13.3.